The van der Waals surface area contributed by atoms with Gasteiger partial charge in [-0.05, 0) is 55.5 Å². The van der Waals surface area contributed by atoms with Gasteiger partial charge in [-0.3, -0.25) is 4.79 Å². The van der Waals surface area contributed by atoms with Crippen LogP contribution in [-0.2, 0) is 11.2 Å². The molecule has 0 unspecified atom stereocenters. The Balaban J connectivity index is 1.38. The van der Waals surface area contributed by atoms with Gasteiger partial charge in [0.15, 0.2) is 11.5 Å². The SMILES string of the molecule is Cc1ccc2c(CC(=O)N3CCC[C@@H]3c3ccc4c(c3)OCCCO4)coc2c1C. The molecular weight excluding hydrogens is 378 g/mol. The number of ether oxygens (including phenoxy) is 2. The van der Waals surface area contributed by atoms with E-state index in [4.69, 9.17) is 13.9 Å². The summed E-state index contributed by atoms with van der Waals surface area (Å²) in [5.74, 6) is 1.73. The molecule has 2 aliphatic rings. The summed E-state index contributed by atoms with van der Waals surface area (Å²) in [6, 6.07) is 10.3. The van der Waals surface area contributed by atoms with E-state index in [0.29, 0.717) is 19.6 Å². The fourth-order valence-electron chi connectivity index (χ4n) is 4.59. The maximum atomic E-state index is 13.3. The number of fused-ring (bicyclic) bond motifs is 2. The number of benzene rings is 2. The standard InChI is InChI=1S/C25H27NO4/c1-16-6-8-20-19(15-30-25(20)17(16)2)14-24(27)26-10-3-5-21(26)18-7-9-22-23(13-18)29-12-4-11-28-22/h6-9,13,15,21H,3-5,10-12,14H2,1-2H3/t21-/m1/s1. The van der Waals surface area contributed by atoms with Gasteiger partial charge < -0.3 is 18.8 Å². The molecule has 1 amide bonds. The molecule has 3 aromatic rings. The van der Waals surface area contributed by atoms with Crippen molar-refractivity contribution < 1.29 is 18.7 Å². The van der Waals surface area contributed by atoms with Crippen LogP contribution in [0.1, 0.15) is 47.6 Å². The van der Waals surface area contributed by atoms with Crippen LogP contribution in [0.3, 0.4) is 0 Å². The van der Waals surface area contributed by atoms with E-state index < -0.39 is 0 Å². The molecule has 156 valence electrons. The van der Waals surface area contributed by atoms with Gasteiger partial charge in [0, 0.05) is 23.9 Å². The van der Waals surface area contributed by atoms with Crippen molar-refractivity contribution in [2.75, 3.05) is 19.8 Å². The molecule has 0 spiro atoms. The van der Waals surface area contributed by atoms with Crippen LogP contribution in [0.4, 0.5) is 0 Å². The number of furan rings is 1. The van der Waals surface area contributed by atoms with Crippen LogP contribution in [0, 0.1) is 13.8 Å². The summed E-state index contributed by atoms with van der Waals surface area (Å²) in [5, 5.41) is 1.04. The van der Waals surface area contributed by atoms with Crippen molar-refractivity contribution >= 4 is 16.9 Å². The zero-order valence-corrected chi connectivity index (χ0v) is 17.6. The van der Waals surface area contributed by atoms with Crippen molar-refractivity contribution in [1.29, 1.82) is 0 Å². The van der Waals surface area contributed by atoms with E-state index in [1.165, 1.54) is 5.56 Å². The predicted molar refractivity (Wildman–Crippen MR) is 115 cm³/mol. The minimum atomic E-state index is 0.0804. The van der Waals surface area contributed by atoms with Gasteiger partial charge in [0.2, 0.25) is 5.91 Å². The first kappa shape index (κ1) is 19.0. The van der Waals surface area contributed by atoms with E-state index in [1.807, 2.05) is 11.0 Å². The molecule has 5 rings (SSSR count). The lowest BCUT2D eigenvalue weighted by molar-refractivity contribution is -0.131. The zero-order chi connectivity index (χ0) is 20.7. The number of hydrogen-bond acceptors (Lipinski definition) is 4. The molecule has 5 heteroatoms. The third-order valence-electron chi connectivity index (χ3n) is 6.41. The molecule has 1 saturated heterocycles. The fourth-order valence-corrected chi connectivity index (χ4v) is 4.59. The second kappa shape index (κ2) is 7.71. The smallest absolute Gasteiger partial charge is 0.227 e. The molecule has 5 nitrogen and oxygen atoms in total. The number of likely N-dealkylation sites (tertiary alicyclic amines) is 1. The first-order chi connectivity index (χ1) is 14.6. The molecule has 3 heterocycles. The van der Waals surface area contributed by atoms with Crippen molar-refractivity contribution in [2.24, 2.45) is 0 Å². The summed E-state index contributed by atoms with van der Waals surface area (Å²) in [7, 11) is 0. The molecule has 2 aromatic carbocycles. The summed E-state index contributed by atoms with van der Waals surface area (Å²) in [4.78, 5) is 15.3. The van der Waals surface area contributed by atoms with Gasteiger partial charge in [0.05, 0.1) is 31.9 Å². The van der Waals surface area contributed by atoms with Gasteiger partial charge in [-0.2, -0.15) is 0 Å². The van der Waals surface area contributed by atoms with Crippen molar-refractivity contribution in [3.8, 4) is 11.5 Å². The lowest BCUT2D eigenvalue weighted by atomic mass is 10.0. The molecular formula is C25H27NO4. The summed E-state index contributed by atoms with van der Waals surface area (Å²) in [5.41, 5.74) is 5.30. The Morgan fingerprint density at radius 2 is 1.90 bits per heavy atom. The van der Waals surface area contributed by atoms with Crippen molar-refractivity contribution in [2.45, 2.75) is 45.6 Å². The largest absolute Gasteiger partial charge is 0.490 e. The van der Waals surface area contributed by atoms with Gasteiger partial charge in [-0.25, -0.2) is 0 Å². The number of hydrogen-bond donors (Lipinski definition) is 0. The molecule has 0 N–H and O–H groups in total. The Kier molecular flexibility index (Phi) is 4.89. The van der Waals surface area contributed by atoms with Crippen molar-refractivity contribution in [3.05, 3.63) is 58.8 Å². The highest BCUT2D eigenvalue weighted by atomic mass is 16.5. The number of aryl methyl sites for hydroxylation is 2. The minimum absolute atomic E-state index is 0.0804. The summed E-state index contributed by atoms with van der Waals surface area (Å²) in [6.07, 6.45) is 4.96. The number of amides is 1. The van der Waals surface area contributed by atoms with E-state index in [0.717, 1.165) is 65.0 Å². The van der Waals surface area contributed by atoms with Crippen LogP contribution in [0.5, 0.6) is 11.5 Å². The van der Waals surface area contributed by atoms with E-state index in [-0.39, 0.29) is 11.9 Å². The molecule has 2 aliphatic heterocycles. The quantitative estimate of drug-likeness (QED) is 0.607. The van der Waals surface area contributed by atoms with Gasteiger partial charge in [0.25, 0.3) is 0 Å². The maximum Gasteiger partial charge on any atom is 0.227 e. The van der Waals surface area contributed by atoms with Gasteiger partial charge >= 0.3 is 0 Å². The average Bonchev–Trinajstić information content (AvgIpc) is 3.32. The molecule has 0 radical (unpaired) electrons. The summed E-state index contributed by atoms with van der Waals surface area (Å²) < 4.78 is 17.4. The first-order valence-corrected chi connectivity index (χ1v) is 10.8. The third kappa shape index (κ3) is 3.32. The Morgan fingerprint density at radius 1 is 1.07 bits per heavy atom. The normalized spacial score (nSPS) is 18.6. The second-order valence-corrected chi connectivity index (χ2v) is 8.32. The predicted octanol–water partition coefficient (Wildman–Crippen LogP) is 5.12. The Hall–Kier alpha value is -2.95. The molecule has 0 saturated carbocycles. The lowest BCUT2D eigenvalue weighted by Gasteiger charge is -2.25. The third-order valence-corrected chi connectivity index (χ3v) is 6.41. The van der Waals surface area contributed by atoms with E-state index >= 15 is 0 Å². The Labute approximate surface area is 176 Å². The van der Waals surface area contributed by atoms with Crippen LogP contribution in [-0.4, -0.2) is 30.6 Å². The van der Waals surface area contributed by atoms with Gasteiger partial charge in [-0.1, -0.05) is 18.2 Å². The Bertz CT molecular complexity index is 1100. The average molecular weight is 405 g/mol. The van der Waals surface area contributed by atoms with Crippen LogP contribution in [0.15, 0.2) is 41.0 Å². The number of rotatable bonds is 3. The Morgan fingerprint density at radius 3 is 2.77 bits per heavy atom. The highest BCUT2D eigenvalue weighted by Crippen LogP contribution is 2.38. The monoisotopic (exact) mass is 405 g/mol. The number of carbonyl (C=O) groups is 1. The summed E-state index contributed by atoms with van der Waals surface area (Å²) in [6.45, 7) is 6.26. The second-order valence-electron chi connectivity index (χ2n) is 8.32. The number of nitrogens with zero attached hydrogens (tertiary/aromatic N) is 1. The zero-order valence-electron chi connectivity index (χ0n) is 17.6. The number of carbonyl (C=O) groups excluding carboxylic acids is 1. The van der Waals surface area contributed by atoms with E-state index in [2.05, 4.69) is 38.1 Å². The molecule has 1 atom stereocenters. The molecule has 0 bridgehead atoms. The van der Waals surface area contributed by atoms with E-state index in [9.17, 15) is 4.79 Å². The van der Waals surface area contributed by atoms with Gasteiger partial charge in [-0.15, -0.1) is 0 Å². The van der Waals surface area contributed by atoms with Crippen LogP contribution in [0.25, 0.3) is 11.0 Å². The van der Waals surface area contributed by atoms with Crippen LogP contribution >= 0.6 is 0 Å². The fraction of sp³-hybridized carbons (Fsp3) is 0.400. The van der Waals surface area contributed by atoms with Gasteiger partial charge in [0.1, 0.15) is 5.58 Å². The molecule has 1 aromatic heterocycles. The minimum Gasteiger partial charge on any atom is -0.490 e. The van der Waals surface area contributed by atoms with Crippen molar-refractivity contribution in [1.82, 2.24) is 4.90 Å². The summed E-state index contributed by atoms with van der Waals surface area (Å²) >= 11 is 0. The van der Waals surface area contributed by atoms with E-state index in [1.54, 1.807) is 6.26 Å². The topological polar surface area (TPSA) is 51.9 Å². The maximum absolute atomic E-state index is 13.3. The highest BCUT2D eigenvalue weighted by Gasteiger charge is 2.31. The highest BCUT2D eigenvalue weighted by molar-refractivity contribution is 5.89. The lowest BCUT2D eigenvalue weighted by Crippen LogP contribution is -2.31. The molecule has 30 heavy (non-hydrogen) atoms. The van der Waals surface area contributed by atoms with Crippen molar-refractivity contribution in [3.63, 3.8) is 0 Å². The molecule has 0 aliphatic carbocycles. The molecule has 1 fully saturated rings. The van der Waals surface area contributed by atoms with Crippen LogP contribution in [0.2, 0.25) is 0 Å². The first-order valence-electron chi connectivity index (χ1n) is 10.8. The van der Waals surface area contributed by atoms with Crippen LogP contribution < -0.4 is 9.47 Å².